The summed E-state index contributed by atoms with van der Waals surface area (Å²) in [5, 5.41) is 1.11. The van der Waals surface area contributed by atoms with Crippen molar-refractivity contribution < 1.29 is 0 Å². The predicted octanol–water partition coefficient (Wildman–Crippen LogP) is 3.50. The third-order valence-electron chi connectivity index (χ3n) is 5.92. The van der Waals surface area contributed by atoms with Gasteiger partial charge in [-0.25, -0.2) is 9.97 Å². The van der Waals surface area contributed by atoms with Crippen LogP contribution in [0.25, 0.3) is 10.2 Å². The Morgan fingerprint density at radius 3 is 2.68 bits per heavy atom. The summed E-state index contributed by atoms with van der Waals surface area (Å²) >= 11 is 1.81. The molecule has 0 radical (unpaired) electrons. The Hall–Kier alpha value is -1.73. The highest BCUT2D eigenvalue weighted by Gasteiger charge is 2.31. The maximum absolute atomic E-state index is 6.44. The lowest BCUT2D eigenvalue weighted by Crippen LogP contribution is -2.28. The number of halogens is 1. The Balaban J connectivity index is 0.00000192. The summed E-state index contributed by atoms with van der Waals surface area (Å²) in [7, 11) is 0. The van der Waals surface area contributed by atoms with Crippen LogP contribution in [0.3, 0.4) is 0 Å². The number of aryl methyl sites for hydroxylation is 2. The van der Waals surface area contributed by atoms with E-state index in [0.717, 1.165) is 42.0 Å². The molecule has 148 valence electrons. The molecular weight excluding hydrogens is 390 g/mol. The molecule has 1 aromatic carbocycles. The number of hydrogen-bond donors (Lipinski definition) is 2. The lowest BCUT2D eigenvalue weighted by atomic mass is 9.95. The number of benzene rings is 1. The third-order valence-corrected chi connectivity index (χ3v) is 7.11. The van der Waals surface area contributed by atoms with Gasteiger partial charge in [-0.05, 0) is 36.8 Å². The van der Waals surface area contributed by atoms with Crippen molar-refractivity contribution in [3.8, 4) is 0 Å². The van der Waals surface area contributed by atoms with Crippen LogP contribution in [-0.2, 0) is 19.4 Å². The van der Waals surface area contributed by atoms with Crippen LogP contribution in [0, 0.1) is 0 Å². The minimum absolute atomic E-state index is 0. The molecule has 0 bridgehead atoms. The second kappa shape index (κ2) is 7.95. The van der Waals surface area contributed by atoms with Crippen molar-refractivity contribution in [3.63, 3.8) is 0 Å². The van der Waals surface area contributed by atoms with E-state index in [1.807, 2.05) is 17.4 Å². The third kappa shape index (κ3) is 3.50. The molecule has 4 N–H and O–H groups in total. The SMILES string of the molecule is Cl.Nc1nc(CN2C[C@@H](N)[C@H](c3ccccc3)C2)nc2sc3c(c12)CCCC3. The smallest absolute Gasteiger partial charge is 0.146 e. The maximum atomic E-state index is 6.44. The maximum Gasteiger partial charge on any atom is 0.146 e. The first-order chi connectivity index (χ1) is 13.2. The topological polar surface area (TPSA) is 81.1 Å². The molecule has 2 aliphatic rings. The monoisotopic (exact) mass is 415 g/mol. The molecule has 1 aliphatic carbocycles. The zero-order chi connectivity index (χ0) is 18.4. The number of nitrogens with two attached hydrogens (primary N) is 2. The lowest BCUT2D eigenvalue weighted by molar-refractivity contribution is 0.316. The molecule has 1 fully saturated rings. The number of hydrogen-bond acceptors (Lipinski definition) is 6. The number of anilines is 1. The predicted molar refractivity (Wildman–Crippen MR) is 118 cm³/mol. The van der Waals surface area contributed by atoms with Gasteiger partial charge in [0, 0.05) is 29.9 Å². The van der Waals surface area contributed by atoms with E-state index in [1.54, 1.807) is 0 Å². The van der Waals surface area contributed by atoms with E-state index in [1.165, 1.54) is 28.8 Å². The zero-order valence-electron chi connectivity index (χ0n) is 15.8. The van der Waals surface area contributed by atoms with Gasteiger partial charge in [0.2, 0.25) is 0 Å². The van der Waals surface area contributed by atoms with Crippen LogP contribution in [0.15, 0.2) is 30.3 Å². The van der Waals surface area contributed by atoms with Crippen LogP contribution in [0.5, 0.6) is 0 Å². The van der Waals surface area contributed by atoms with Gasteiger partial charge in [-0.1, -0.05) is 30.3 Å². The molecule has 1 aliphatic heterocycles. The molecule has 0 amide bonds. The second-order valence-corrected chi connectivity index (χ2v) is 8.87. The number of fused-ring (bicyclic) bond motifs is 3. The quantitative estimate of drug-likeness (QED) is 0.684. The molecule has 1 saturated heterocycles. The number of likely N-dealkylation sites (tertiary alicyclic amines) is 1. The van der Waals surface area contributed by atoms with Crippen molar-refractivity contribution in [3.05, 3.63) is 52.2 Å². The van der Waals surface area contributed by atoms with Crippen LogP contribution in [0.1, 0.15) is 40.6 Å². The molecule has 5 rings (SSSR count). The number of nitrogens with zero attached hydrogens (tertiary/aromatic N) is 3. The summed E-state index contributed by atoms with van der Waals surface area (Å²) in [6.07, 6.45) is 4.78. The number of thiophene rings is 1. The summed E-state index contributed by atoms with van der Waals surface area (Å²) in [5.74, 6) is 1.83. The van der Waals surface area contributed by atoms with Gasteiger partial charge in [0.25, 0.3) is 0 Å². The Morgan fingerprint density at radius 2 is 1.86 bits per heavy atom. The first kappa shape index (κ1) is 19.6. The largest absolute Gasteiger partial charge is 0.383 e. The summed E-state index contributed by atoms with van der Waals surface area (Å²) in [4.78, 5) is 14.4. The van der Waals surface area contributed by atoms with E-state index in [-0.39, 0.29) is 18.4 Å². The van der Waals surface area contributed by atoms with E-state index in [9.17, 15) is 0 Å². The standard InChI is InChI=1S/C21H25N5S.ClH/c22-16-11-26(10-15(16)13-6-2-1-3-7-13)12-18-24-20(23)19-14-8-4-5-9-17(14)27-21(19)25-18;/h1-3,6-7,15-16H,4-5,8-12,22H2,(H2,23,24,25);1H/t15-,16+;/m0./s1. The minimum atomic E-state index is 0. The van der Waals surface area contributed by atoms with Gasteiger partial charge in [0.05, 0.1) is 11.9 Å². The van der Waals surface area contributed by atoms with Crippen molar-refractivity contribution in [1.29, 1.82) is 0 Å². The zero-order valence-corrected chi connectivity index (χ0v) is 17.4. The fourth-order valence-electron chi connectivity index (χ4n) is 4.60. The van der Waals surface area contributed by atoms with Gasteiger partial charge < -0.3 is 11.5 Å². The number of nitrogen functional groups attached to an aromatic ring is 1. The molecule has 3 heterocycles. The lowest BCUT2D eigenvalue weighted by Gasteiger charge is -2.15. The molecule has 7 heteroatoms. The highest BCUT2D eigenvalue weighted by atomic mass is 35.5. The van der Waals surface area contributed by atoms with E-state index >= 15 is 0 Å². The number of rotatable bonds is 3. The van der Waals surface area contributed by atoms with E-state index in [4.69, 9.17) is 16.5 Å². The molecule has 5 nitrogen and oxygen atoms in total. The van der Waals surface area contributed by atoms with Crippen molar-refractivity contribution >= 4 is 39.8 Å². The van der Waals surface area contributed by atoms with Crippen LogP contribution >= 0.6 is 23.7 Å². The van der Waals surface area contributed by atoms with Crippen LogP contribution < -0.4 is 11.5 Å². The summed E-state index contributed by atoms with van der Waals surface area (Å²) in [6, 6.07) is 10.7. The Labute approximate surface area is 175 Å². The van der Waals surface area contributed by atoms with Crippen LogP contribution in [-0.4, -0.2) is 34.0 Å². The minimum Gasteiger partial charge on any atom is -0.383 e. The normalized spacial score (nSPS) is 22.2. The second-order valence-electron chi connectivity index (χ2n) is 7.79. The van der Waals surface area contributed by atoms with Gasteiger partial charge in [0.1, 0.15) is 16.5 Å². The average molecular weight is 416 g/mol. The van der Waals surface area contributed by atoms with Gasteiger partial charge in [-0.3, -0.25) is 4.90 Å². The first-order valence-electron chi connectivity index (χ1n) is 9.78. The van der Waals surface area contributed by atoms with E-state index in [2.05, 4.69) is 34.1 Å². The van der Waals surface area contributed by atoms with E-state index in [0.29, 0.717) is 18.3 Å². The Kier molecular flexibility index (Phi) is 5.56. The molecule has 2 aromatic heterocycles. The molecule has 0 unspecified atom stereocenters. The molecule has 0 saturated carbocycles. The Morgan fingerprint density at radius 1 is 1.07 bits per heavy atom. The summed E-state index contributed by atoms with van der Waals surface area (Å²) < 4.78 is 0. The summed E-state index contributed by atoms with van der Waals surface area (Å²) in [5.41, 5.74) is 15.5. The van der Waals surface area contributed by atoms with Crippen molar-refractivity contribution in [2.24, 2.45) is 5.73 Å². The van der Waals surface area contributed by atoms with Crippen molar-refractivity contribution in [2.45, 2.75) is 44.2 Å². The highest BCUT2D eigenvalue weighted by Crippen LogP contribution is 2.38. The Bertz CT molecular complexity index is 974. The molecular formula is C21H26ClN5S. The molecule has 2 atom stereocenters. The fourth-order valence-corrected chi connectivity index (χ4v) is 5.89. The highest BCUT2D eigenvalue weighted by molar-refractivity contribution is 7.19. The van der Waals surface area contributed by atoms with Crippen molar-refractivity contribution in [2.75, 3.05) is 18.8 Å². The van der Waals surface area contributed by atoms with Gasteiger partial charge >= 0.3 is 0 Å². The van der Waals surface area contributed by atoms with E-state index < -0.39 is 0 Å². The number of aromatic nitrogens is 2. The van der Waals surface area contributed by atoms with Gasteiger partial charge in [0.15, 0.2) is 0 Å². The molecule has 0 spiro atoms. The van der Waals surface area contributed by atoms with Gasteiger partial charge in [-0.2, -0.15) is 0 Å². The summed E-state index contributed by atoms with van der Waals surface area (Å²) in [6.45, 7) is 2.51. The van der Waals surface area contributed by atoms with Gasteiger partial charge in [-0.15, -0.1) is 23.7 Å². The first-order valence-corrected chi connectivity index (χ1v) is 10.6. The van der Waals surface area contributed by atoms with Crippen LogP contribution in [0.2, 0.25) is 0 Å². The molecule has 3 aromatic rings. The fraction of sp³-hybridized carbons (Fsp3) is 0.429. The van der Waals surface area contributed by atoms with Crippen molar-refractivity contribution in [1.82, 2.24) is 14.9 Å². The van der Waals surface area contributed by atoms with Crippen LogP contribution in [0.4, 0.5) is 5.82 Å². The average Bonchev–Trinajstić information content (AvgIpc) is 3.22. The molecule has 28 heavy (non-hydrogen) atoms.